The fraction of sp³-hybridized carbons (Fsp3) is 0.0500. The molecule has 0 amide bonds. The fourth-order valence-corrected chi connectivity index (χ4v) is 6.20. The summed E-state index contributed by atoms with van der Waals surface area (Å²) in [6.45, 7) is 0. The molecule has 0 spiro atoms. The lowest BCUT2D eigenvalue weighted by Crippen LogP contribution is -2.12. The molecular formula is C40H29BrN2. The molecule has 6 aromatic rings. The summed E-state index contributed by atoms with van der Waals surface area (Å²) in [7, 11) is 0. The van der Waals surface area contributed by atoms with Crippen molar-refractivity contribution in [3.63, 3.8) is 0 Å². The van der Waals surface area contributed by atoms with E-state index in [-0.39, 0.29) is 5.92 Å². The summed E-state index contributed by atoms with van der Waals surface area (Å²) in [6.07, 6.45) is 3.15. The van der Waals surface area contributed by atoms with Crippen LogP contribution in [0.15, 0.2) is 167 Å². The van der Waals surface area contributed by atoms with Gasteiger partial charge in [0.15, 0.2) is 0 Å². The van der Waals surface area contributed by atoms with Gasteiger partial charge in [0, 0.05) is 33.7 Å². The van der Waals surface area contributed by atoms with Crippen LogP contribution in [0.1, 0.15) is 29.0 Å². The van der Waals surface area contributed by atoms with Gasteiger partial charge in [-0.2, -0.15) is 0 Å². The van der Waals surface area contributed by atoms with Gasteiger partial charge in [0.25, 0.3) is 0 Å². The summed E-state index contributed by atoms with van der Waals surface area (Å²) in [6, 6.07) is 53.0. The molecule has 0 N–H and O–H groups in total. The Balaban J connectivity index is 1.34. The molecule has 43 heavy (non-hydrogen) atoms. The van der Waals surface area contributed by atoms with Crippen molar-refractivity contribution in [2.45, 2.75) is 12.3 Å². The third-order valence-corrected chi connectivity index (χ3v) is 8.31. The van der Waals surface area contributed by atoms with E-state index in [9.17, 15) is 0 Å². The van der Waals surface area contributed by atoms with Crippen molar-refractivity contribution in [2.24, 2.45) is 4.99 Å². The Bertz CT molecular complexity index is 1870. The highest BCUT2D eigenvalue weighted by Crippen LogP contribution is 2.38. The average Bonchev–Trinajstić information content (AvgIpc) is 3.09. The first-order chi connectivity index (χ1) is 21.2. The SMILES string of the molecule is Brc1cc(-c2cc(-c3ccccc3)nc(-c3ccccc3)c2)cc(C2C=C(c3ccccc3)N=C(c3ccccc3)C2)c1. The second-order valence-electron chi connectivity index (χ2n) is 10.8. The van der Waals surface area contributed by atoms with Crippen LogP contribution in [0.25, 0.3) is 39.3 Å². The number of pyridine rings is 1. The van der Waals surface area contributed by atoms with Crippen LogP contribution in [0.3, 0.4) is 0 Å². The lowest BCUT2D eigenvalue weighted by molar-refractivity contribution is 0.879. The first-order valence-electron chi connectivity index (χ1n) is 14.5. The van der Waals surface area contributed by atoms with Crippen molar-refractivity contribution in [3.05, 3.63) is 179 Å². The molecular weight excluding hydrogens is 588 g/mol. The zero-order chi connectivity index (χ0) is 29.0. The fourth-order valence-electron chi connectivity index (χ4n) is 5.69. The Hall–Kier alpha value is -4.86. The summed E-state index contributed by atoms with van der Waals surface area (Å²) in [5, 5.41) is 0. The number of benzene rings is 5. The second-order valence-corrected chi connectivity index (χ2v) is 11.7. The van der Waals surface area contributed by atoms with Crippen molar-refractivity contribution in [3.8, 4) is 33.6 Å². The maximum Gasteiger partial charge on any atom is 0.0715 e. The molecule has 0 saturated carbocycles. The van der Waals surface area contributed by atoms with Crippen LogP contribution >= 0.6 is 15.9 Å². The van der Waals surface area contributed by atoms with E-state index < -0.39 is 0 Å². The standard InChI is InChI=1S/C40H29BrN2/c41-36-22-32(34-24-37(28-13-5-1-6-14-28)42-38(25-34)29-15-7-2-8-16-29)21-33(23-36)35-26-39(30-17-9-3-10-18-30)43-40(27-35)31-19-11-4-12-20-31/h1-26,35H,27H2. The van der Waals surface area contributed by atoms with Crippen LogP contribution in [-0.4, -0.2) is 10.7 Å². The van der Waals surface area contributed by atoms with Gasteiger partial charge in [-0.15, -0.1) is 0 Å². The van der Waals surface area contributed by atoms with Crippen LogP contribution < -0.4 is 0 Å². The Morgan fingerprint density at radius 1 is 0.488 bits per heavy atom. The summed E-state index contributed by atoms with van der Waals surface area (Å²) >= 11 is 3.86. The van der Waals surface area contributed by atoms with Gasteiger partial charge < -0.3 is 0 Å². The molecule has 206 valence electrons. The molecule has 2 nitrogen and oxygen atoms in total. The molecule has 1 aliphatic heterocycles. The predicted molar refractivity (Wildman–Crippen MR) is 183 cm³/mol. The molecule has 1 atom stereocenters. The highest BCUT2D eigenvalue weighted by atomic mass is 79.9. The number of hydrogen-bond donors (Lipinski definition) is 0. The van der Waals surface area contributed by atoms with E-state index in [1.54, 1.807) is 0 Å². The smallest absolute Gasteiger partial charge is 0.0715 e. The molecule has 0 saturated heterocycles. The van der Waals surface area contributed by atoms with E-state index >= 15 is 0 Å². The third-order valence-electron chi connectivity index (χ3n) is 7.85. The number of hydrogen-bond acceptors (Lipinski definition) is 2. The number of allylic oxidation sites excluding steroid dienone is 1. The van der Waals surface area contributed by atoms with Crippen LogP contribution in [0.5, 0.6) is 0 Å². The Kier molecular flexibility index (Phi) is 7.64. The van der Waals surface area contributed by atoms with Crippen LogP contribution in [0.4, 0.5) is 0 Å². The van der Waals surface area contributed by atoms with Crippen molar-refractivity contribution in [2.75, 3.05) is 0 Å². The van der Waals surface area contributed by atoms with Gasteiger partial charge in [-0.1, -0.05) is 149 Å². The lowest BCUT2D eigenvalue weighted by Gasteiger charge is -2.23. The Morgan fingerprint density at radius 2 is 0.977 bits per heavy atom. The van der Waals surface area contributed by atoms with E-state index in [0.29, 0.717) is 0 Å². The van der Waals surface area contributed by atoms with Crippen molar-refractivity contribution < 1.29 is 0 Å². The van der Waals surface area contributed by atoms with Crippen LogP contribution in [-0.2, 0) is 0 Å². The molecule has 0 fully saturated rings. The molecule has 2 heterocycles. The molecule has 1 aromatic heterocycles. The largest absolute Gasteiger partial charge is 0.252 e. The number of rotatable bonds is 6. The topological polar surface area (TPSA) is 25.2 Å². The quantitative estimate of drug-likeness (QED) is 0.183. The monoisotopic (exact) mass is 616 g/mol. The zero-order valence-corrected chi connectivity index (χ0v) is 25.2. The van der Waals surface area contributed by atoms with Gasteiger partial charge in [-0.25, -0.2) is 4.98 Å². The van der Waals surface area contributed by atoms with E-state index in [2.05, 4.69) is 162 Å². The van der Waals surface area contributed by atoms with Crippen LogP contribution in [0.2, 0.25) is 0 Å². The normalized spacial score (nSPS) is 14.6. The molecule has 1 unspecified atom stereocenters. The van der Waals surface area contributed by atoms with Crippen molar-refractivity contribution in [1.82, 2.24) is 4.98 Å². The minimum absolute atomic E-state index is 0.170. The Morgan fingerprint density at radius 3 is 1.53 bits per heavy atom. The van der Waals surface area contributed by atoms with Gasteiger partial charge in [0.1, 0.15) is 0 Å². The van der Waals surface area contributed by atoms with Gasteiger partial charge >= 0.3 is 0 Å². The number of nitrogens with zero attached hydrogens (tertiary/aromatic N) is 2. The first kappa shape index (κ1) is 27.0. The van der Waals surface area contributed by atoms with E-state index in [0.717, 1.165) is 61.5 Å². The highest BCUT2D eigenvalue weighted by molar-refractivity contribution is 9.10. The number of aromatic nitrogens is 1. The van der Waals surface area contributed by atoms with Crippen molar-refractivity contribution >= 4 is 27.3 Å². The predicted octanol–water partition coefficient (Wildman–Crippen LogP) is 10.9. The molecule has 0 radical (unpaired) electrons. The lowest BCUT2D eigenvalue weighted by atomic mass is 9.86. The van der Waals surface area contributed by atoms with Gasteiger partial charge in [0.2, 0.25) is 0 Å². The average molecular weight is 618 g/mol. The molecule has 3 heteroatoms. The summed E-state index contributed by atoms with van der Waals surface area (Å²) < 4.78 is 1.05. The summed E-state index contributed by atoms with van der Waals surface area (Å²) in [4.78, 5) is 10.2. The van der Waals surface area contributed by atoms with Gasteiger partial charge in [-0.3, -0.25) is 4.99 Å². The minimum Gasteiger partial charge on any atom is -0.252 e. The van der Waals surface area contributed by atoms with Gasteiger partial charge in [0.05, 0.1) is 17.1 Å². The molecule has 0 bridgehead atoms. The van der Waals surface area contributed by atoms with E-state index in [1.165, 1.54) is 11.1 Å². The van der Waals surface area contributed by atoms with Crippen molar-refractivity contribution in [1.29, 1.82) is 0 Å². The highest BCUT2D eigenvalue weighted by Gasteiger charge is 2.22. The molecule has 5 aromatic carbocycles. The maximum absolute atomic E-state index is 5.15. The number of halogens is 1. The zero-order valence-electron chi connectivity index (χ0n) is 23.6. The first-order valence-corrected chi connectivity index (χ1v) is 15.3. The number of aliphatic imine (C=N–C) groups is 1. The maximum atomic E-state index is 5.15. The molecule has 0 aliphatic carbocycles. The molecule has 7 rings (SSSR count). The van der Waals surface area contributed by atoms with E-state index in [1.807, 2.05) is 12.1 Å². The van der Waals surface area contributed by atoms with Crippen LogP contribution in [0, 0.1) is 0 Å². The Labute approximate surface area is 261 Å². The van der Waals surface area contributed by atoms with Gasteiger partial charge in [-0.05, 0) is 52.1 Å². The summed E-state index contributed by atoms with van der Waals surface area (Å²) in [5.74, 6) is 0.170. The molecule has 1 aliphatic rings. The third kappa shape index (κ3) is 6.04. The minimum atomic E-state index is 0.170. The van der Waals surface area contributed by atoms with E-state index in [4.69, 9.17) is 9.98 Å². The summed E-state index contributed by atoms with van der Waals surface area (Å²) in [5.41, 5.74) is 12.1. The second kappa shape index (κ2) is 12.2.